The average Bonchev–Trinajstić information content (AvgIpc) is 2.26. The molecule has 0 spiro atoms. The monoisotopic (exact) mass is 329 g/mol. The number of rotatable bonds is 11. The zero-order valence-corrected chi connectivity index (χ0v) is 14.0. The fraction of sp³-hybridized carbons (Fsp3) is 0.917. The van der Waals surface area contributed by atoms with Gasteiger partial charge in [-0.3, -0.25) is 4.79 Å². The molecular formula is C12H28ClN3O3S. The van der Waals surface area contributed by atoms with Crippen LogP contribution in [0.4, 0.5) is 0 Å². The third-order valence-corrected chi connectivity index (χ3v) is 4.04. The topological polar surface area (TPSA) is 101 Å². The zero-order valence-electron chi connectivity index (χ0n) is 12.4. The summed E-state index contributed by atoms with van der Waals surface area (Å²) in [7, 11) is -3.29. The third-order valence-electron chi connectivity index (χ3n) is 2.47. The van der Waals surface area contributed by atoms with Crippen LogP contribution in [0.15, 0.2) is 0 Å². The minimum atomic E-state index is -3.29. The van der Waals surface area contributed by atoms with Crippen LogP contribution in [0.2, 0.25) is 0 Å². The standard InChI is InChI=1S/C12H27N3O3S.ClH/c1-11(2)15-19(17,18)10-9-14-12(16)7-5-3-4-6-8-13;/h11,15H,3-10,13H2,1-2H3,(H,14,16);1H. The Morgan fingerprint density at radius 3 is 2.30 bits per heavy atom. The second-order valence-corrected chi connectivity index (χ2v) is 6.77. The first-order valence-electron chi connectivity index (χ1n) is 6.84. The second kappa shape index (κ2) is 12.4. The maximum atomic E-state index is 11.5. The van der Waals surface area contributed by atoms with Crippen LogP contribution in [0, 0.1) is 0 Å². The highest BCUT2D eigenvalue weighted by Gasteiger charge is 2.11. The van der Waals surface area contributed by atoms with Gasteiger partial charge in [0.25, 0.3) is 0 Å². The van der Waals surface area contributed by atoms with Gasteiger partial charge >= 0.3 is 0 Å². The summed E-state index contributed by atoms with van der Waals surface area (Å²) in [5.41, 5.74) is 5.37. The number of unbranched alkanes of at least 4 members (excludes halogenated alkanes) is 3. The molecule has 0 saturated heterocycles. The van der Waals surface area contributed by atoms with E-state index in [-0.39, 0.29) is 36.7 Å². The number of nitrogens with two attached hydrogens (primary N) is 1. The van der Waals surface area contributed by atoms with Crippen LogP contribution >= 0.6 is 12.4 Å². The maximum Gasteiger partial charge on any atom is 0.220 e. The molecule has 0 bridgehead atoms. The van der Waals surface area contributed by atoms with E-state index in [4.69, 9.17) is 5.73 Å². The molecule has 0 atom stereocenters. The smallest absolute Gasteiger partial charge is 0.220 e. The van der Waals surface area contributed by atoms with Crippen molar-refractivity contribution in [3.05, 3.63) is 0 Å². The Balaban J connectivity index is 0. The summed E-state index contributed by atoms with van der Waals surface area (Å²) >= 11 is 0. The van der Waals surface area contributed by atoms with Gasteiger partial charge in [0.1, 0.15) is 0 Å². The Labute approximate surface area is 128 Å². The van der Waals surface area contributed by atoms with Crippen LogP contribution in [-0.4, -0.2) is 39.2 Å². The summed E-state index contributed by atoms with van der Waals surface area (Å²) in [6.07, 6.45) is 4.28. The summed E-state index contributed by atoms with van der Waals surface area (Å²) in [4.78, 5) is 11.4. The van der Waals surface area contributed by atoms with Gasteiger partial charge in [0.15, 0.2) is 0 Å². The van der Waals surface area contributed by atoms with E-state index in [1.54, 1.807) is 13.8 Å². The van der Waals surface area contributed by atoms with E-state index in [0.29, 0.717) is 13.0 Å². The van der Waals surface area contributed by atoms with E-state index >= 15 is 0 Å². The highest BCUT2D eigenvalue weighted by Crippen LogP contribution is 2.01. The highest BCUT2D eigenvalue weighted by molar-refractivity contribution is 7.89. The van der Waals surface area contributed by atoms with Crippen molar-refractivity contribution in [3.63, 3.8) is 0 Å². The molecule has 1 amide bonds. The minimum absolute atomic E-state index is 0. The fourth-order valence-corrected chi connectivity index (χ4v) is 2.82. The second-order valence-electron chi connectivity index (χ2n) is 4.89. The van der Waals surface area contributed by atoms with E-state index in [2.05, 4.69) is 10.0 Å². The van der Waals surface area contributed by atoms with Gasteiger partial charge in [0.2, 0.25) is 15.9 Å². The van der Waals surface area contributed by atoms with Crippen molar-refractivity contribution in [2.45, 2.75) is 52.0 Å². The summed E-state index contributed by atoms with van der Waals surface area (Å²) in [6.45, 7) is 4.37. The molecule has 0 unspecified atom stereocenters. The first-order chi connectivity index (χ1) is 8.87. The third kappa shape index (κ3) is 14.0. The quantitative estimate of drug-likeness (QED) is 0.487. The van der Waals surface area contributed by atoms with Gasteiger partial charge < -0.3 is 11.1 Å². The highest BCUT2D eigenvalue weighted by atomic mass is 35.5. The Hall–Kier alpha value is -0.370. The van der Waals surface area contributed by atoms with Crippen molar-refractivity contribution in [1.82, 2.24) is 10.0 Å². The Bertz CT molecular complexity index is 348. The molecule has 0 saturated carbocycles. The number of carbonyl (C=O) groups is 1. The van der Waals surface area contributed by atoms with Gasteiger partial charge in [-0.1, -0.05) is 12.8 Å². The largest absolute Gasteiger partial charge is 0.355 e. The molecule has 8 heteroatoms. The van der Waals surface area contributed by atoms with E-state index in [0.717, 1.165) is 25.7 Å². The van der Waals surface area contributed by atoms with Crippen molar-refractivity contribution in [3.8, 4) is 0 Å². The molecule has 6 nitrogen and oxygen atoms in total. The van der Waals surface area contributed by atoms with Crippen LogP contribution in [0.5, 0.6) is 0 Å². The number of amides is 1. The van der Waals surface area contributed by atoms with E-state index in [1.165, 1.54) is 0 Å². The molecular weight excluding hydrogens is 302 g/mol. The number of hydrogen-bond donors (Lipinski definition) is 3. The summed E-state index contributed by atoms with van der Waals surface area (Å²) in [6, 6.07) is -0.122. The lowest BCUT2D eigenvalue weighted by Gasteiger charge is -2.10. The Morgan fingerprint density at radius 1 is 1.15 bits per heavy atom. The maximum absolute atomic E-state index is 11.5. The number of halogens is 1. The van der Waals surface area contributed by atoms with Gasteiger partial charge in [-0.15, -0.1) is 12.4 Å². The predicted molar refractivity (Wildman–Crippen MR) is 84.5 cm³/mol. The van der Waals surface area contributed by atoms with Gasteiger partial charge in [-0.2, -0.15) is 0 Å². The van der Waals surface area contributed by atoms with Crippen molar-refractivity contribution >= 4 is 28.3 Å². The SMILES string of the molecule is CC(C)NS(=O)(=O)CCNC(=O)CCCCCCN.Cl. The van der Waals surface area contributed by atoms with Crippen LogP contribution in [0.1, 0.15) is 46.0 Å². The van der Waals surface area contributed by atoms with E-state index in [9.17, 15) is 13.2 Å². The van der Waals surface area contributed by atoms with Crippen LogP contribution < -0.4 is 15.8 Å². The molecule has 4 N–H and O–H groups in total. The first-order valence-corrected chi connectivity index (χ1v) is 8.49. The van der Waals surface area contributed by atoms with E-state index < -0.39 is 10.0 Å². The molecule has 0 radical (unpaired) electrons. The molecule has 20 heavy (non-hydrogen) atoms. The molecule has 122 valence electrons. The minimum Gasteiger partial charge on any atom is -0.355 e. The summed E-state index contributed by atoms with van der Waals surface area (Å²) in [5, 5.41) is 2.62. The molecule has 0 aromatic carbocycles. The van der Waals surface area contributed by atoms with E-state index in [1.807, 2.05) is 0 Å². The molecule has 0 rings (SSSR count). The molecule has 0 aliphatic carbocycles. The molecule has 0 fully saturated rings. The average molecular weight is 330 g/mol. The Kier molecular flexibility index (Phi) is 13.6. The van der Waals surface area contributed by atoms with Gasteiger partial charge in [0.05, 0.1) is 5.75 Å². The number of hydrogen-bond acceptors (Lipinski definition) is 4. The zero-order chi connectivity index (χ0) is 14.7. The lowest BCUT2D eigenvalue weighted by atomic mass is 10.1. The normalized spacial score (nSPS) is 11.2. The number of nitrogens with one attached hydrogen (secondary N) is 2. The van der Waals surface area contributed by atoms with Gasteiger partial charge in [0, 0.05) is 19.0 Å². The van der Waals surface area contributed by atoms with Crippen molar-refractivity contribution in [1.29, 1.82) is 0 Å². The van der Waals surface area contributed by atoms with Crippen molar-refractivity contribution in [2.24, 2.45) is 5.73 Å². The molecule has 0 aliphatic rings. The molecule has 0 aromatic heterocycles. The summed E-state index contributed by atoms with van der Waals surface area (Å²) < 4.78 is 25.4. The first kappa shape index (κ1) is 21.9. The fourth-order valence-electron chi connectivity index (χ4n) is 1.61. The van der Waals surface area contributed by atoms with Gasteiger partial charge in [-0.05, 0) is 33.2 Å². The van der Waals surface area contributed by atoms with Crippen LogP contribution in [0.3, 0.4) is 0 Å². The summed E-state index contributed by atoms with van der Waals surface area (Å²) in [5.74, 6) is -0.170. The molecule has 0 aromatic rings. The number of carbonyl (C=O) groups excluding carboxylic acids is 1. The van der Waals surface area contributed by atoms with Crippen molar-refractivity contribution < 1.29 is 13.2 Å². The van der Waals surface area contributed by atoms with Crippen molar-refractivity contribution in [2.75, 3.05) is 18.8 Å². The predicted octanol–water partition coefficient (Wildman–Crippen LogP) is 0.761. The molecule has 0 aliphatic heterocycles. The van der Waals surface area contributed by atoms with Crippen LogP contribution in [0.25, 0.3) is 0 Å². The van der Waals surface area contributed by atoms with Crippen LogP contribution in [-0.2, 0) is 14.8 Å². The lowest BCUT2D eigenvalue weighted by molar-refractivity contribution is -0.121. The Morgan fingerprint density at radius 2 is 1.75 bits per heavy atom. The lowest BCUT2D eigenvalue weighted by Crippen LogP contribution is -2.37. The number of sulfonamides is 1. The van der Waals surface area contributed by atoms with Gasteiger partial charge in [-0.25, -0.2) is 13.1 Å². The molecule has 0 heterocycles.